The van der Waals surface area contributed by atoms with E-state index in [9.17, 15) is 19.8 Å². The number of methoxy groups -OCH3 is 2. The standard InChI is InChI=1S/C22H26N4O4.C13H19N3O2/c1-22(2,29)9-8-14-12-25-13-17(18(30-3)11-19(25)23-14)24-20(27)16-5-4-10-26(21(16)28)15-6-7-15;1-13(2,17)5-4-9-7-16-8-10(14)11(18-3)6-12(16)15-9/h4-5,10-13,15,29H,6-9H2,1-3H3,(H,24,27);6-8,17H,4-5,14H2,1-3H3. The van der Waals surface area contributed by atoms with Gasteiger partial charge in [0.2, 0.25) is 0 Å². The maximum atomic E-state index is 12.8. The first-order valence-corrected chi connectivity index (χ1v) is 16.0. The smallest absolute Gasteiger partial charge is 0.263 e. The van der Waals surface area contributed by atoms with Crippen LogP contribution in [0.1, 0.15) is 81.2 Å². The Labute approximate surface area is 279 Å². The largest absolute Gasteiger partial charge is 0.494 e. The predicted octanol–water partition coefficient (Wildman–Crippen LogP) is 4.42. The molecule has 1 aliphatic carbocycles. The van der Waals surface area contributed by atoms with E-state index >= 15 is 0 Å². The van der Waals surface area contributed by atoms with E-state index < -0.39 is 17.1 Å². The minimum absolute atomic E-state index is 0.100. The van der Waals surface area contributed by atoms with Crippen molar-refractivity contribution in [3.8, 4) is 11.5 Å². The molecule has 5 heterocycles. The van der Waals surface area contributed by atoms with Crippen molar-refractivity contribution in [2.75, 3.05) is 25.3 Å². The van der Waals surface area contributed by atoms with Gasteiger partial charge >= 0.3 is 0 Å². The summed E-state index contributed by atoms with van der Waals surface area (Å²) in [7, 11) is 3.10. The van der Waals surface area contributed by atoms with E-state index in [1.54, 1.807) is 74.5 Å². The first-order valence-electron chi connectivity index (χ1n) is 16.0. The first kappa shape index (κ1) is 34.5. The minimum Gasteiger partial charge on any atom is -0.494 e. The van der Waals surface area contributed by atoms with Gasteiger partial charge in [-0.2, -0.15) is 0 Å². The molecule has 0 saturated heterocycles. The Morgan fingerprint density at radius 3 is 1.98 bits per heavy atom. The predicted molar refractivity (Wildman–Crippen MR) is 184 cm³/mol. The van der Waals surface area contributed by atoms with Gasteiger partial charge in [0, 0.05) is 49.2 Å². The highest BCUT2D eigenvalue weighted by Crippen LogP contribution is 2.33. The van der Waals surface area contributed by atoms with E-state index in [0.717, 1.165) is 36.3 Å². The monoisotopic (exact) mass is 659 g/mol. The van der Waals surface area contributed by atoms with Crippen molar-refractivity contribution in [1.29, 1.82) is 0 Å². The highest BCUT2D eigenvalue weighted by Gasteiger charge is 2.26. The molecule has 1 saturated carbocycles. The van der Waals surface area contributed by atoms with E-state index in [1.807, 2.05) is 22.9 Å². The number of imidazole rings is 2. The van der Waals surface area contributed by atoms with E-state index in [1.165, 1.54) is 13.2 Å². The molecule has 1 amide bonds. The molecule has 6 rings (SSSR count). The summed E-state index contributed by atoms with van der Waals surface area (Å²) in [5, 5.41) is 22.4. The van der Waals surface area contributed by atoms with Gasteiger partial charge in [0.05, 0.1) is 42.5 Å². The SMILES string of the molecule is COc1cc2nc(CCC(C)(C)O)cn2cc1N.COc1cc2nc(CCC(C)(C)O)cn2cc1NC(=O)c1cccn(C2CC2)c1=O. The zero-order chi connectivity index (χ0) is 34.8. The molecule has 0 radical (unpaired) electrons. The Kier molecular flexibility index (Phi) is 9.83. The third kappa shape index (κ3) is 8.52. The van der Waals surface area contributed by atoms with Gasteiger partial charge in [-0.3, -0.25) is 9.59 Å². The molecule has 13 nitrogen and oxygen atoms in total. The molecule has 5 aromatic heterocycles. The number of rotatable bonds is 11. The Balaban J connectivity index is 0.000000214. The summed E-state index contributed by atoms with van der Waals surface area (Å²) in [5.74, 6) is 0.603. The second-order valence-electron chi connectivity index (χ2n) is 13.5. The quantitative estimate of drug-likeness (QED) is 0.160. The number of ether oxygens (including phenoxy) is 2. The van der Waals surface area contributed by atoms with Crippen molar-refractivity contribution in [1.82, 2.24) is 23.3 Å². The topological polar surface area (TPSA) is 171 Å². The average molecular weight is 660 g/mol. The van der Waals surface area contributed by atoms with E-state index in [-0.39, 0.29) is 17.2 Å². The van der Waals surface area contributed by atoms with Crippen LogP contribution in [0.15, 0.2) is 60.0 Å². The second-order valence-corrected chi connectivity index (χ2v) is 13.5. The van der Waals surface area contributed by atoms with Crippen LogP contribution in [-0.4, -0.2) is 64.9 Å². The Bertz CT molecular complexity index is 1980. The Morgan fingerprint density at radius 1 is 0.917 bits per heavy atom. The molecule has 0 bridgehead atoms. The number of aromatic nitrogens is 5. The highest BCUT2D eigenvalue weighted by atomic mass is 16.5. The van der Waals surface area contributed by atoms with Crippen LogP contribution in [0.4, 0.5) is 11.4 Å². The van der Waals surface area contributed by atoms with Crippen molar-refractivity contribution in [3.63, 3.8) is 0 Å². The van der Waals surface area contributed by atoms with Gasteiger partial charge in [0.1, 0.15) is 34.0 Å². The molecular weight excluding hydrogens is 614 g/mol. The molecule has 13 heteroatoms. The number of aliphatic hydroxyl groups is 2. The van der Waals surface area contributed by atoms with Crippen molar-refractivity contribution in [2.24, 2.45) is 0 Å². The van der Waals surface area contributed by atoms with Gasteiger partial charge < -0.3 is 44.1 Å². The fourth-order valence-corrected chi connectivity index (χ4v) is 5.21. The van der Waals surface area contributed by atoms with Crippen LogP contribution in [0.5, 0.6) is 11.5 Å². The molecule has 0 spiro atoms. The summed E-state index contributed by atoms with van der Waals surface area (Å²) >= 11 is 0. The van der Waals surface area contributed by atoms with Crippen LogP contribution in [0.2, 0.25) is 0 Å². The minimum atomic E-state index is -0.768. The number of hydrogen-bond acceptors (Lipinski definition) is 9. The third-order valence-corrected chi connectivity index (χ3v) is 8.07. The number of aryl methyl sites for hydroxylation is 2. The third-order valence-electron chi connectivity index (χ3n) is 8.07. The van der Waals surface area contributed by atoms with Gasteiger partial charge in [-0.05, 0) is 78.4 Å². The molecule has 0 atom stereocenters. The molecule has 1 aliphatic rings. The fourth-order valence-electron chi connectivity index (χ4n) is 5.21. The first-order chi connectivity index (χ1) is 22.6. The summed E-state index contributed by atoms with van der Waals surface area (Å²) in [6, 6.07) is 7.00. The molecule has 5 N–H and O–H groups in total. The average Bonchev–Trinajstić information content (AvgIpc) is 3.66. The number of amides is 1. The summed E-state index contributed by atoms with van der Waals surface area (Å²) in [6.07, 6.45) is 13.6. The van der Waals surface area contributed by atoms with Crippen LogP contribution < -0.4 is 26.1 Å². The van der Waals surface area contributed by atoms with E-state index in [4.69, 9.17) is 15.2 Å². The second kappa shape index (κ2) is 13.7. The van der Waals surface area contributed by atoms with Crippen LogP contribution in [0, 0.1) is 0 Å². The molecule has 0 aliphatic heterocycles. The number of nitrogen functional groups attached to an aromatic ring is 1. The molecule has 0 aromatic carbocycles. The van der Waals surface area contributed by atoms with Crippen LogP contribution in [0.3, 0.4) is 0 Å². The Hall–Kier alpha value is -4.88. The maximum absolute atomic E-state index is 12.8. The molecular formula is C35H45N7O6. The summed E-state index contributed by atoms with van der Waals surface area (Å²) in [5.41, 5.74) is 8.47. The fraction of sp³-hybridized carbons (Fsp3) is 0.429. The Morgan fingerprint density at radius 2 is 1.46 bits per heavy atom. The van der Waals surface area contributed by atoms with Gasteiger partial charge in [-0.1, -0.05) is 0 Å². The lowest BCUT2D eigenvalue weighted by molar-refractivity contribution is 0.0705. The van der Waals surface area contributed by atoms with Crippen molar-refractivity contribution < 1.29 is 24.5 Å². The lowest BCUT2D eigenvalue weighted by atomic mass is 10.0. The van der Waals surface area contributed by atoms with Crippen molar-refractivity contribution >= 4 is 28.6 Å². The van der Waals surface area contributed by atoms with Gasteiger partial charge in [-0.25, -0.2) is 9.97 Å². The van der Waals surface area contributed by atoms with Gasteiger partial charge in [0.15, 0.2) is 0 Å². The lowest BCUT2D eigenvalue weighted by Gasteiger charge is -2.15. The number of pyridine rings is 3. The number of nitrogens with one attached hydrogen (secondary N) is 1. The van der Waals surface area contributed by atoms with E-state index in [2.05, 4.69) is 15.3 Å². The number of anilines is 2. The summed E-state index contributed by atoms with van der Waals surface area (Å²) in [6.45, 7) is 7.12. The molecule has 5 aromatic rings. The molecule has 48 heavy (non-hydrogen) atoms. The summed E-state index contributed by atoms with van der Waals surface area (Å²) < 4.78 is 15.9. The number of carbonyl (C=O) groups excluding carboxylic acids is 1. The molecule has 0 unspecified atom stereocenters. The summed E-state index contributed by atoms with van der Waals surface area (Å²) in [4.78, 5) is 34.5. The van der Waals surface area contributed by atoms with Crippen LogP contribution >= 0.6 is 0 Å². The zero-order valence-corrected chi connectivity index (χ0v) is 28.4. The normalized spacial score (nSPS) is 13.3. The van der Waals surface area contributed by atoms with Crippen molar-refractivity contribution in [3.05, 3.63) is 82.6 Å². The molecule has 1 fully saturated rings. The van der Waals surface area contributed by atoms with Crippen molar-refractivity contribution in [2.45, 2.75) is 83.5 Å². The van der Waals surface area contributed by atoms with E-state index in [0.29, 0.717) is 47.8 Å². The van der Waals surface area contributed by atoms with Gasteiger partial charge in [-0.15, -0.1) is 0 Å². The number of hydrogen-bond donors (Lipinski definition) is 4. The molecule has 256 valence electrons. The maximum Gasteiger partial charge on any atom is 0.263 e. The number of carbonyl (C=O) groups is 1. The lowest BCUT2D eigenvalue weighted by Crippen LogP contribution is -2.28. The highest BCUT2D eigenvalue weighted by molar-refractivity contribution is 6.04. The zero-order valence-electron chi connectivity index (χ0n) is 28.4. The van der Waals surface area contributed by atoms with Crippen LogP contribution in [-0.2, 0) is 12.8 Å². The van der Waals surface area contributed by atoms with Gasteiger partial charge in [0.25, 0.3) is 11.5 Å². The number of nitrogens with two attached hydrogens (primary N) is 1. The van der Waals surface area contributed by atoms with Crippen LogP contribution in [0.25, 0.3) is 11.3 Å². The number of nitrogens with zero attached hydrogens (tertiary/aromatic N) is 5. The number of fused-ring (bicyclic) bond motifs is 2.